The second kappa shape index (κ2) is 7.48. The second-order valence-electron chi connectivity index (χ2n) is 4.00. The summed E-state index contributed by atoms with van der Waals surface area (Å²) in [5, 5.41) is 2.65. The third kappa shape index (κ3) is 4.67. The van der Waals surface area contributed by atoms with E-state index in [0.717, 1.165) is 0 Å². The molecule has 0 bridgehead atoms. The number of amides is 1. The first-order chi connectivity index (χ1) is 9.08. The molecule has 6 heteroatoms. The number of aldehydes is 1. The Kier molecular flexibility index (Phi) is 5.95. The number of aryl methyl sites for hydroxylation is 1. The number of ether oxygens (including phenoxy) is 2. The summed E-state index contributed by atoms with van der Waals surface area (Å²) in [4.78, 5) is 26.6. The number of carbonyl (C=O) groups is 2. The molecular weight excluding hydrogens is 248 g/mol. The maximum absolute atomic E-state index is 11.7. The molecule has 1 rings (SSSR count). The normalized spacial score (nSPS) is 11.7. The van der Waals surface area contributed by atoms with Gasteiger partial charge in [-0.05, 0) is 26.0 Å². The van der Waals surface area contributed by atoms with E-state index in [4.69, 9.17) is 9.47 Å². The van der Waals surface area contributed by atoms with Gasteiger partial charge in [-0.3, -0.25) is 9.59 Å². The average Bonchev–Trinajstić information content (AvgIpc) is 2.40. The standard InChI is InChI=1S/C13H18N2O4/c1-9-4-5-12(11(8-16)15-9)19-10(2)13(17)14-6-7-18-3/h4-5,8,10H,6-7H2,1-3H3,(H,14,17). The van der Waals surface area contributed by atoms with E-state index in [0.29, 0.717) is 30.9 Å². The Hall–Kier alpha value is -1.95. The summed E-state index contributed by atoms with van der Waals surface area (Å²) in [6, 6.07) is 3.35. The lowest BCUT2D eigenvalue weighted by atomic mass is 10.3. The quantitative estimate of drug-likeness (QED) is 0.581. The number of aromatic nitrogens is 1. The van der Waals surface area contributed by atoms with Crippen LogP contribution in [-0.4, -0.2) is 43.5 Å². The first-order valence-electron chi connectivity index (χ1n) is 5.94. The minimum absolute atomic E-state index is 0.191. The van der Waals surface area contributed by atoms with Crippen molar-refractivity contribution in [2.75, 3.05) is 20.3 Å². The summed E-state index contributed by atoms with van der Waals surface area (Å²) in [5.41, 5.74) is 0.906. The Morgan fingerprint density at radius 2 is 2.26 bits per heavy atom. The monoisotopic (exact) mass is 266 g/mol. The molecule has 0 aliphatic rings. The molecule has 0 aliphatic carbocycles. The fourth-order valence-electron chi connectivity index (χ4n) is 1.41. The van der Waals surface area contributed by atoms with Gasteiger partial charge in [-0.2, -0.15) is 0 Å². The van der Waals surface area contributed by atoms with Gasteiger partial charge in [0.1, 0.15) is 11.4 Å². The lowest BCUT2D eigenvalue weighted by Crippen LogP contribution is -2.38. The summed E-state index contributed by atoms with van der Waals surface area (Å²) in [7, 11) is 1.56. The number of hydrogen-bond acceptors (Lipinski definition) is 5. The van der Waals surface area contributed by atoms with Gasteiger partial charge in [0, 0.05) is 19.3 Å². The molecule has 0 fully saturated rings. The summed E-state index contributed by atoms with van der Waals surface area (Å²) >= 11 is 0. The molecule has 19 heavy (non-hydrogen) atoms. The van der Waals surface area contributed by atoms with Crippen LogP contribution >= 0.6 is 0 Å². The van der Waals surface area contributed by atoms with Gasteiger partial charge in [0.2, 0.25) is 0 Å². The molecular formula is C13H18N2O4. The summed E-state index contributed by atoms with van der Waals surface area (Å²) in [5.74, 6) is 0.0319. The Labute approximate surface area is 112 Å². The molecule has 1 unspecified atom stereocenters. The smallest absolute Gasteiger partial charge is 0.260 e. The van der Waals surface area contributed by atoms with Gasteiger partial charge in [0.15, 0.2) is 12.4 Å². The topological polar surface area (TPSA) is 77.5 Å². The van der Waals surface area contributed by atoms with E-state index in [9.17, 15) is 9.59 Å². The molecule has 0 aromatic carbocycles. The summed E-state index contributed by atoms with van der Waals surface area (Å²) < 4.78 is 10.3. The Bertz CT molecular complexity index is 448. The van der Waals surface area contributed by atoms with Gasteiger partial charge < -0.3 is 14.8 Å². The van der Waals surface area contributed by atoms with Crippen LogP contribution in [0.15, 0.2) is 12.1 Å². The maximum atomic E-state index is 11.7. The highest BCUT2D eigenvalue weighted by atomic mass is 16.5. The van der Waals surface area contributed by atoms with E-state index >= 15 is 0 Å². The van der Waals surface area contributed by atoms with Crippen molar-refractivity contribution in [1.29, 1.82) is 0 Å². The lowest BCUT2D eigenvalue weighted by Gasteiger charge is -2.15. The number of nitrogens with zero attached hydrogens (tertiary/aromatic N) is 1. The number of hydrogen-bond donors (Lipinski definition) is 1. The van der Waals surface area contributed by atoms with Gasteiger partial charge in [0.05, 0.1) is 6.61 Å². The number of pyridine rings is 1. The first-order valence-corrected chi connectivity index (χ1v) is 5.94. The van der Waals surface area contributed by atoms with Crippen LogP contribution in [0.25, 0.3) is 0 Å². The minimum Gasteiger partial charge on any atom is -0.479 e. The molecule has 1 aromatic rings. The highest BCUT2D eigenvalue weighted by molar-refractivity contribution is 5.81. The van der Waals surface area contributed by atoms with E-state index in [1.54, 1.807) is 33.1 Å². The number of methoxy groups -OCH3 is 1. The molecule has 1 amide bonds. The van der Waals surface area contributed by atoms with Crippen LogP contribution in [0.1, 0.15) is 23.1 Å². The molecule has 1 atom stereocenters. The highest BCUT2D eigenvalue weighted by Crippen LogP contribution is 2.16. The third-order valence-corrected chi connectivity index (χ3v) is 2.42. The van der Waals surface area contributed by atoms with Crippen molar-refractivity contribution in [3.05, 3.63) is 23.5 Å². The van der Waals surface area contributed by atoms with Crippen LogP contribution in [0.3, 0.4) is 0 Å². The lowest BCUT2D eigenvalue weighted by molar-refractivity contribution is -0.127. The van der Waals surface area contributed by atoms with Crippen molar-refractivity contribution in [2.45, 2.75) is 20.0 Å². The zero-order chi connectivity index (χ0) is 14.3. The molecule has 0 aliphatic heterocycles. The van der Waals surface area contributed by atoms with Crippen LogP contribution in [0.5, 0.6) is 5.75 Å². The van der Waals surface area contributed by atoms with Crippen LogP contribution in [0.4, 0.5) is 0 Å². The van der Waals surface area contributed by atoms with E-state index < -0.39 is 6.10 Å². The van der Waals surface area contributed by atoms with Gasteiger partial charge in [-0.15, -0.1) is 0 Å². The average molecular weight is 266 g/mol. The van der Waals surface area contributed by atoms with E-state index in [1.807, 2.05) is 0 Å². The van der Waals surface area contributed by atoms with E-state index in [2.05, 4.69) is 10.3 Å². The van der Waals surface area contributed by atoms with Gasteiger partial charge in [-0.25, -0.2) is 4.98 Å². The van der Waals surface area contributed by atoms with E-state index in [1.165, 1.54) is 0 Å². The largest absolute Gasteiger partial charge is 0.479 e. The van der Waals surface area contributed by atoms with Crippen molar-refractivity contribution < 1.29 is 19.1 Å². The Balaban J connectivity index is 2.63. The molecule has 104 valence electrons. The molecule has 0 saturated heterocycles. The molecule has 0 saturated carbocycles. The van der Waals surface area contributed by atoms with Crippen molar-refractivity contribution in [3.63, 3.8) is 0 Å². The van der Waals surface area contributed by atoms with Crippen molar-refractivity contribution in [2.24, 2.45) is 0 Å². The van der Waals surface area contributed by atoms with Gasteiger partial charge in [-0.1, -0.05) is 0 Å². The molecule has 1 aromatic heterocycles. The zero-order valence-electron chi connectivity index (χ0n) is 11.3. The van der Waals surface area contributed by atoms with Crippen LogP contribution in [0.2, 0.25) is 0 Å². The maximum Gasteiger partial charge on any atom is 0.260 e. The van der Waals surface area contributed by atoms with Crippen LogP contribution in [-0.2, 0) is 9.53 Å². The fraction of sp³-hybridized carbons (Fsp3) is 0.462. The van der Waals surface area contributed by atoms with Gasteiger partial charge >= 0.3 is 0 Å². The van der Waals surface area contributed by atoms with Crippen molar-refractivity contribution >= 4 is 12.2 Å². The Morgan fingerprint density at radius 1 is 1.53 bits per heavy atom. The van der Waals surface area contributed by atoms with Crippen LogP contribution < -0.4 is 10.1 Å². The van der Waals surface area contributed by atoms with E-state index in [-0.39, 0.29) is 11.6 Å². The van der Waals surface area contributed by atoms with Gasteiger partial charge in [0.25, 0.3) is 5.91 Å². The number of carbonyl (C=O) groups excluding carboxylic acids is 2. The molecule has 1 N–H and O–H groups in total. The minimum atomic E-state index is -0.708. The summed E-state index contributed by atoms with van der Waals surface area (Å²) in [6.07, 6.45) is -0.0993. The predicted molar refractivity (Wildman–Crippen MR) is 69.3 cm³/mol. The second-order valence-corrected chi connectivity index (χ2v) is 4.00. The molecule has 0 radical (unpaired) electrons. The van der Waals surface area contributed by atoms with Crippen molar-refractivity contribution in [1.82, 2.24) is 10.3 Å². The first kappa shape index (κ1) is 15.1. The predicted octanol–water partition coefficient (Wildman–Crippen LogP) is 0.732. The van der Waals surface area contributed by atoms with Crippen LogP contribution in [0, 0.1) is 6.92 Å². The SMILES string of the molecule is COCCNC(=O)C(C)Oc1ccc(C)nc1C=O. The summed E-state index contributed by atoms with van der Waals surface area (Å²) in [6.45, 7) is 4.23. The fourth-order valence-corrected chi connectivity index (χ4v) is 1.41. The third-order valence-electron chi connectivity index (χ3n) is 2.42. The number of rotatable bonds is 7. The molecule has 0 spiro atoms. The zero-order valence-corrected chi connectivity index (χ0v) is 11.3. The molecule has 1 heterocycles. The highest BCUT2D eigenvalue weighted by Gasteiger charge is 2.16. The van der Waals surface area contributed by atoms with Crippen molar-refractivity contribution in [3.8, 4) is 5.75 Å². The number of nitrogens with one attached hydrogen (secondary N) is 1. The Morgan fingerprint density at radius 3 is 2.89 bits per heavy atom. The molecule has 6 nitrogen and oxygen atoms in total.